The molecule has 1 aromatic carbocycles. The number of aryl methyl sites for hydroxylation is 1. The topological polar surface area (TPSA) is 60.8 Å². The maximum atomic E-state index is 12.7. The molecule has 1 saturated carbocycles. The molecule has 4 nitrogen and oxygen atoms in total. The Morgan fingerprint density at radius 1 is 1.33 bits per heavy atom. The van der Waals surface area contributed by atoms with Gasteiger partial charge >= 0.3 is 0 Å². The van der Waals surface area contributed by atoms with Gasteiger partial charge in [-0.3, -0.25) is 4.79 Å². The van der Waals surface area contributed by atoms with Crippen molar-refractivity contribution in [2.45, 2.75) is 45.3 Å². The molecule has 0 bridgehead atoms. The molecule has 4 heteroatoms. The van der Waals surface area contributed by atoms with Crippen LogP contribution in [0.15, 0.2) is 24.3 Å². The first-order valence-electron chi connectivity index (χ1n) is 7.74. The lowest BCUT2D eigenvalue weighted by Crippen LogP contribution is -2.40. The third-order valence-electron chi connectivity index (χ3n) is 4.30. The molecule has 2 rings (SSSR count). The van der Waals surface area contributed by atoms with Crippen LogP contribution in [-0.2, 0) is 11.3 Å². The van der Waals surface area contributed by atoms with Crippen LogP contribution in [0.3, 0.4) is 0 Å². The van der Waals surface area contributed by atoms with Gasteiger partial charge in [0.25, 0.3) is 0 Å². The van der Waals surface area contributed by atoms with Gasteiger partial charge in [0.2, 0.25) is 5.91 Å². The molecule has 0 saturated heterocycles. The van der Waals surface area contributed by atoms with Crippen LogP contribution < -0.4 is 0 Å². The van der Waals surface area contributed by atoms with E-state index < -0.39 is 0 Å². The SMILES string of the molecule is Cc1ccccc1CN(CCO)C(=O)[C@H]1CCC[C@@H](O)C1. The normalized spacial score (nSPS) is 22.0. The molecular formula is C17H25NO3. The van der Waals surface area contributed by atoms with Gasteiger partial charge in [0.15, 0.2) is 0 Å². The number of carbonyl (C=O) groups excluding carboxylic acids is 1. The number of amides is 1. The van der Waals surface area contributed by atoms with Gasteiger partial charge in [0.1, 0.15) is 0 Å². The summed E-state index contributed by atoms with van der Waals surface area (Å²) in [4.78, 5) is 14.4. The molecular weight excluding hydrogens is 266 g/mol. The minimum absolute atomic E-state index is 0.0348. The summed E-state index contributed by atoms with van der Waals surface area (Å²) in [5.74, 6) is -0.0460. The largest absolute Gasteiger partial charge is 0.395 e. The van der Waals surface area contributed by atoms with Crippen molar-refractivity contribution in [2.24, 2.45) is 5.92 Å². The fourth-order valence-electron chi connectivity index (χ4n) is 3.03. The summed E-state index contributed by atoms with van der Waals surface area (Å²) >= 11 is 0. The highest BCUT2D eigenvalue weighted by atomic mass is 16.3. The second kappa shape index (κ2) is 7.57. The lowest BCUT2D eigenvalue weighted by Gasteiger charge is -2.31. The Labute approximate surface area is 126 Å². The van der Waals surface area contributed by atoms with E-state index in [4.69, 9.17) is 0 Å². The molecule has 0 aromatic heterocycles. The van der Waals surface area contributed by atoms with Crippen molar-refractivity contribution in [2.75, 3.05) is 13.2 Å². The first-order chi connectivity index (χ1) is 10.1. The van der Waals surface area contributed by atoms with E-state index in [0.29, 0.717) is 19.5 Å². The number of hydrogen-bond donors (Lipinski definition) is 2. The van der Waals surface area contributed by atoms with E-state index in [1.165, 1.54) is 0 Å². The Kier molecular flexibility index (Phi) is 5.76. The zero-order valence-corrected chi connectivity index (χ0v) is 12.7. The summed E-state index contributed by atoms with van der Waals surface area (Å²) < 4.78 is 0. The van der Waals surface area contributed by atoms with Crippen molar-refractivity contribution < 1.29 is 15.0 Å². The minimum atomic E-state index is -0.359. The Bertz CT molecular complexity index is 475. The van der Waals surface area contributed by atoms with Crippen LogP contribution in [0.2, 0.25) is 0 Å². The van der Waals surface area contributed by atoms with Crippen LogP contribution in [0, 0.1) is 12.8 Å². The molecule has 0 radical (unpaired) electrons. The lowest BCUT2D eigenvalue weighted by molar-refractivity contribution is -0.139. The molecule has 2 N–H and O–H groups in total. The molecule has 1 aliphatic rings. The van der Waals surface area contributed by atoms with Crippen molar-refractivity contribution in [3.05, 3.63) is 35.4 Å². The lowest BCUT2D eigenvalue weighted by atomic mass is 9.86. The summed E-state index contributed by atoms with van der Waals surface area (Å²) in [6.45, 7) is 2.87. The Balaban J connectivity index is 2.07. The van der Waals surface area contributed by atoms with Gasteiger partial charge in [-0.05, 0) is 37.3 Å². The van der Waals surface area contributed by atoms with Crippen LogP contribution in [0.5, 0.6) is 0 Å². The van der Waals surface area contributed by atoms with E-state index in [1.807, 2.05) is 31.2 Å². The van der Waals surface area contributed by atoms with Crippen LogP contribution in [0.4, 0.5) is 0 Å². The van der Waals surface area contributed by atoms with E-state index in [9.17, 15) is 15.0 Å². The fraction of sp³-hybridized carbons (Fsp3) is 0.588. The average molecular weight is 291 g/mol. The summed E-state index contributed by atoms with van der Waals surface area (Å²) in [5.41, 5.74) is 2.26. The maximum Gasteiger partial charge on any atom is 0.226 e. The fourth-order valence-corrected chi connectivity index (χ4v) is 3.03. The van der Waals surface area contributed by atoms with Crippen molar-refractivity contribution in [1.82, 2.24) is 4.90 Å². The molecule has 0 unspecified atom stereocenters. The molecule has 1 fully saturated rings. The third-order valence-corrected chi connectivity index (χ3v) is 4.30. The number of aliphatic hydroxyl groups excluding tert-OH is 2. The highest BCUT2D eigenvalue weighted by Gasteiger charge is 2.29. The second-order valence-electron chi connectivity index (χ2n) is 5.93. The van der Waals surface area contributed by atoms with Crippen molar-refractivity contribution in [3.8, 4) is 0 Å². The number of aliphatic hydroxyl groups is 2. The third kappa shape index (κ3) is 4.29. The summed E-state index contributed by atoms with van der Waals surface area (Å²) in [5, 5.41) is 19.0. The van der Waals surface area contributed by atoms with Crippen molar-refractivity contribution >= 4 is 5.91 Å². The molecule has 1 aliphatic carbocycles. The van der Waals surface area contributed by atoms with Crippen LogP contribution >= 0.6 is 0 Å². The van der Waals surface area contributed by atoms with Crippen molar-refractivity contribution in [3.63, 3.8) is 0 Å². The van der Waals surface area contributed by atoms with Crippen LogP contribution in [0.25, 0.3) is 0 Å². The van der Waals surface area contributed by atoms with E-state index in [1.54, 1.807) is 4.90 Å². The van der Waals surface area contributed by atoms with Crippen LogP contribution in [-0.4, -0.2) is 40.3 Å². The zero-order chi connectivity index (χ0) is 15.2. The van der Waals surface area contributed by atoms with Crippen molar-refractivity contribution in [1.29, 1.82) is 0 Å². The predicted octanol–water partition coefficient (Wildman–Crippen LogP) is 1.87. The average Bonchev–Trinajstić information content (AvgIpc) is 2.48. The maximum absolute atomic E-state index is 12.7. The predicted molar refractivity (Wildman–Crippen MR) is 81.6 cm³/mol. The Hall–Kier alpha value is -1.39. The quantitative estimate of drug-likeness (QED) is 0.870. The number of nitrogens with zero attached hydrogens (tertiary/aromatic N) is 1. The molecule has 1 amide bonds. The Morgan fingerprint density at radius 3 is 2.76 bits per heavy atom. The standard InChI is InChI=1S/C17H25NO3/c1-13-5-2-3-6-15(13)12-18(9-10-19)17(21)14-7-4-8-16(20)11-14/h2-3,5-6,14,16,19-20H,4,7-12H2,1H3/t14-,16+/m0/s1. The minimum Gasteiger partial charge on any atom is -0.395 e. The number of rotatable bonds is 5. The molecule has 0 spiro atoms. The van der Waals surface area contributed by atoms with Gasteiger partial charge in [0.05, 0.1) is 12.7 Å². The van der Waals surface area contributed by atoms with Gasteiger partial charge in [-0.15, -0.1) is 0 Å². The highest BCUT2D eigenvalue weighted by molar-refractivity contribution is 5.79. The first-order valence-corrected chi connectivity index (χ1v) is 7.74. The van der Waals surface area contributed by atoms with E-state index in [0.717, 1.165) is 30.4 Å². The van der Waals surface area contributed by atoms with Gasteiger partial charge in [-0.25, -0.2) is 0 Å². The molecule has 21 heavy (non-hydrogen) atoms. The molecule has 0 aliphatic heterocycles. The molecule has 0 heterocycles. The smallest absolute Gasteiger partial charge is 0.226 e. The summed E-state index contributed by atoms with van der Waals surface area (Å²) in [7, 11) is 0. The number of hydrogen-bond acceptors (Lipinski definition) is 3. The van der Waals surface area contributed by atoms with Gasteiger partial charge in [-0.1, -0.05) is 30.7 Å². The summed E-state index contributed by atoms with van der Waals surface area (Å²) in [6.07, 6.45) is 2.72. The zero-order valence-electron chi connectivity index (χ0n) is 12.7. The van der Waals surface area contributed by atoms with Gasteiger partial charge < -0.3 is 15.1 Å². The molecule has 1 aromatic rings. The summed E-state index contributed by atoms with van der Waals surface area (Å²) in [6, 6.07) is 7.99. The number of carbonyl (C=O) groups is 1. The van der Waals surface area contributed by atoms with Crippen LogP contribution in [0.1, 0.15) is 36.8 Å². The first kappa shape index (κ1) is 16.0. The van der Waals surface area contributed by atoms with E-state index >= 15 is 0 Å². The van der Waals surface area contributed by atoms with E-state index in [-0.39, 0.29) is 24.5 Å². The van der Waals surface area contributed by atoms with Gasteiger partial charge in [0, 0.05) is 19.0 Å². The Morgan fingerprint density at radius 2 is 2.10 bits per heavy atom. The second-order valence-corrected chi connectivity index (χ2v) is 5.93. The monoisotopic (exact) mass is 291 g/mol. The van der Waals surface area contributed by atoms with Gasteiger partial charge in [-0.2, -0.15) is 0 Å². The molecule has 116 valence electrons. The highest BCUT2D eigenvalue weighted by Crippen LogP contribution is 2.26. The number of benzene rings is 1. The van der Waals surface area contributed by atoms with E-state index in [2.05, 4.69) is 0 Å². The molecule has 2 atom stereocenters.